The van der Waals surface area contributed by atoms with E-state index in [1.165, 1.54) is 5.56 Å². The molecule has 0 radical (unpaired) electrons. The number of benzene rings is 2. The number of nitrogens with zero attached hydrogens (tertiary/aromatic N) is 4. The van der Waals surface area contributed by atoms with Crippen LogP contribution in [0.4, 0.5) is 5.82 Å². The first kappa shape index (κ1) is 18.6. The van der Waals surface area contributed by atoms with Crippen LogP contribution in [-0.2, 0) is 0 Å². The average molecular weight is 437 g/mol. The van der Waals surface area contributed by atoms with Crippen molar-refractivity contribution in [3.63, 3.8) is 0 Å². The number of anilines is 1. The predicted molar refractivity (Wildman–Crippen MR) is 114 cm³/mol. The van der Waals surface area contributed by atoms with Crippen LogP contribution in [-0.4, -0.2) is 47.0 Å². The zero-order chi connectivity index (χ0) is 19.5. The maximum atomic E-state index is 12.8. The predicted octanol–water partition coefficient (Wildman–Crippen LogP) is 4.18. The van der Waals surface area contributed by atoms with Crippen molar-refractivity contribution in [2.75, 3.05) is 31.1 Å². The highest BCUT2D eigenvalue weighted by Gasteiger charge is 2.24. The van der Waals surface area contributed by atoms with E-state index < -0.39 is 0 Å². The van der Waals surface area contributed by atoms with Crippen LogP contribution in [0.5, 0.6) is 0 Å². The second-order valence-corrected chi connectivity index (χ2v) is 7.74. The molecular formula is C22H21BrN4O. The molecule has 0 bridgehead atoms. The number of halogens is 1. The molecule has 2 heterocycles. The van der Waals surface area contributed by atoms with Crippen molar-refractivity contribution < 1.29 is 4.79 Å². The molecule has 142 valence electrons. The molecule has 28 heavy (non-hydrogen) atoms. The minimum absolute atomic E-state index is 0.0650. The summed E-state index contributed by atoms with van der Waals surface area (Å²) in [6.07, 6.45) is 1.61. The third-order valence-corrected chi connectivity index (χ3v) is 5.69. The van der Waals surface area contributed by atoms with E-state index in [0.717, 1.165) is 34.6 Å². The number of rotatable bonds is 3. The van der Waals surface area contributed by atoms with E-state index in [-0.39, 0.29) is 5.91 Å². The fourth-order valence-corrected chi connectivity index (χ4v) is 3.80. The van der Waals surface area contributed by atoms with Gasteiger partial charge in [0.15, 0.2) is 0 Å². The number of hydrogen-bond donors (Lipinski definition) is 0. The summed E-state index contributed by atoms with van der Waals surface area (Å²) in [5, 5.41) is 0. The van der Waals surface area contributed by atoms with Crippen LogP contribution in [0.1, 0.15) is 15.9 Å². The summed E-state index contributed by atoms with van der Waals surface area (Å²) < 4.78 is 0.834. The maximum absolute atomic E-state index is 12.8. The number of aromatic nitrogens is 2. The molecular weight excluding hydrogens is 416 g/mol. The highest BCUT2D eigenvalue weighted by atomic mass is 79.9. The lowest BCUT2D eigenvalue weighted by Gasteiger charge is -2.35. The van der Waals surface area contributed by atoms with Crippen LogP contribution in [0.2, 0.25) is 0 Å². The Bertz CT molecular complexity index is 982. The summed E-state index contributed by atoms with van der Waals surface area (Å²) in [6.45, 7) is 4.92. The van der Waals surface area contributed by atoms with Crippen molar-refractivity contribution in [1.82, 2.24) is 14.9 Å². The molecule has 1 saturated heterocycles. The normalized spacial score (nSPS) is 14.2. The molecule has 6 heteroatoms. The topological polar surface area (TPSA) is 49.3 Å². The number of piperazine rings is 1. The molecule has 0 N–H and O–H groups in total. The smallest absolute Gasteiger partial charge is 0.255 e. The van der Waals surface area contributed by atoms with Crippen LogP contribution in [0, 0.1) is 6.92 Å². The molecule has 1 amide bonds. The van der Waals surface area contributed by atoms with Gasteiger partial charge in [0, 0.05) is 42.3 Å². The Balaban J connectivity index is 1.45. The molecule has 2 aromatic carbocycles. The molecule has 1 fully saturated rings. The van der Waals surface area contributed by atoms with Crippen LogP contribution in [0.3, 0.4) is 0 Å². The summed E-state index contributed by atoms with van der Waals surface area (Å²) in [6, 6.07) is 17.9. The van der Waals surface area contributed by atoms with Gasteiger partial charge in [0.25, 0.3) is 5.91 Å². The average Bonchev–Trinajstić information content (AvgIpc) is 2.74. The largest absolute Gasteiger partial charge is 0.353 e. The first-order chi connectivity index (χ1) is 13.6. The fraction of sp³-hybridized carbons (Fsp3) is 0.227. The van der Waals surface area contributed by atoms with Gasteiger partial charge >= 0.3 is 0 Å². The van der Waals surface area contributed by atoms with Gasteiger partial charge in [0.2, 0.25) is 0 Å². The molecule has 5 nitrogen and oxygen atoms in total. The Kier molecular flexibility index (Phi) is 5.39. The Hall–Kier alpha value is -2.73. The maximum Gasteiger partial charge on any atom is 0.255 e. The van der Waals surface area contributed by atoms with Crippen LogP contribution in [0.25, 0.3) is 11.3 Å². The van der Waals surface area contributed by atoms with E-state index in [4.69, 9.17) is 0 Å². The number of hydrogen-bond acceptors (Lipinski definition) is 4. The van der Waals surface area contributed by atoms with Gasteiger partial charge in [0.05, 0.1) is 11.3 Å². The van der Waals surface area contributed by atoms with Crippen LogP contribution < -0.4 is 4.90 Å². The van der Waals surface area contributed by atoms with Gasteiger partial charge in [-0.1, -0.05) is 42.0 Å². The minimum Gasteiger partial charge on any atom is -0.353 e. The third kappa shape index (κ3) is 3.92. The molecule has 1 aliphatic heterocycles. The molecule has 1 aliphatic rings. The number of aryl methyl sites for hydroxylation is 1. The third-order valence-electron chi connectivity index (χ3n) is 5.00. The molecule has 0 unspecified atom stereocenters. The number of carbonyl (C=O) groups is 1. The van der Waals surface area contributed by atoms with E-state index in [1.54, 1.807) is 6.33 Å². The van der Waals surface area contributed by atoms with Crippen molar-refractivity contribution in [1.29, 1.82) is 0 Å². The first-order valence-electron chi connectivity index (χ1n) is 9.29. The molecule has 0 saturated carbocycles. The van der Waals surface area contributed by atoms with Crippen molar-refractivity contribution in [2.45, 2.75) is 6.92 Å². The van der Waals surface area contributed by atoms with Gasteiger partial charge < -0.3 is 9.80 Å². The van der Waals surface area contributed by atoms with Crippen molar-refractivity contribution in [3.8, 4) is 11.3 Å². The van der Waals surface area contributed by atoms with E-state index in [2.05, 4.69) is 62.0 Å². The summed E-state index contributed by atoms with van der Waals surface area (Å²) >= 11 is 3.47. The highest BCUT2D eigenvalue weighted by molar-refractivity contribution is 9.10. The SMILES string of the molecule is Cc1ccc(-c2cc(N3CCN(C(=O)c4ccccc4Br)CC3)ncn2)cc1. The van der Waals surface area contributed by atoms with E-state index in [9.17, 15) is 4.79 Å². The van der Waals surface area contributed by atoms with Crippen LogP contribution in [0.15, 0.2) is 65.4 Å². The zero-order valence-electron chi connectivity index (χ0n) is 15.7. The summed E-state index contributed by atoms with van der Waals surface area (Å²) in [4.78, 5) is 25.8. The molecule has 0 aliphatic carbocycles. The quantitative estimate of drug-likeness (QED) is 0.617. The van der Waals surface area contributed by atoms with Gasteiger partial charge in [-0.05, 0) is 35.0 Å². The Labute approximate surface area is 173 Å². The van der Waals surface area contributed by atoms with Gasteiger partial charge in [0.1, 0.15) is 12.1 Å². The summed E-state index contributed by atoms with van der Waals surface area (Å²) in [5.41, 5.74) is 3.93. The van der Waals surface area contributed by atoms with Gasteiger partial charge in [-0.3, -0.25) is 4.79 Å². The molecule has 4 rings (SSSR count). The lowest BCUT2D eigenvalue weighted by molar-refractivity contribution is 0.0745. The Morgan fingerprint density at radius 2 is 1.68 bits per heavy atom. The molecule has 1 aromatic heterocycles. The fourth-order valence-electron chi connectivity index (χ4n) is 3.35. The Morgan fingerprint density at radius 3 is 2.39 bits per heavy atom. The van der Waals surface area contributed by atoms with Gasteiger partial charge in [-0.2, -0.15) is 0 Å². The van der Waals surface area contributed by atoms with E-state index >= 15 is 0 Å². The molecule has 0 atom stereocenters. The highest BCUT2D eigenvalue weighted by Crippen LogP contribution is 2.23. The van der Waals surface area contributed by atoms with Crippen molar-refractivity contribution in [3.05, 3.63) is 76.5 Å². The lowest BCUT2D eigenvalue weighted by atomic mass is 10.1. The Morgan fingerprint density at radius 1 is 0.964 bits per heavy atom. The minimum atomic E-state index is 0.0650. The summed E-state index contributed by atoms with van der Waals surface area (Å²) in [5.74, 6) is 0.966. The van der Waals surface area contributed by atoms with E-state index in [1.807, 2.05) is 35.2 Å². The molecule has 3 aromatic rings. The monoisotopic (exact) mass is 436 g/mol. The molecule has 0 spiro atoms. The second-order valence-electron chi connectivity index (χ2n) is 6.89. The number of amides is 1. The second kappa shape index (κ2) is 8.10. The van der Waals surface area contributed by atoms with Crippen molar-refractivity contribution in [2.24, 2.45) is 0 Å². The van der Waals surface area contributed by atoms with Gasteiger partial charge in [-0.25, -0.2) is 9.97 Å². The van der Waals surface area contributed by atoms with E-state index in [0.29, 0.717) is 18.7 Å². The van der Waals surface area contributed by atoms with Crippen molar-refractivity contribution >= 4 is 27.7 Å². The van der Waals surface area contributed by atoms with Crippen LogP contribution >= 0.6 is 15.9 Å². The van der Waals surface area contributed by atoms with Gasteiger partial charge in [-0.15, -0.1) is 0 Å². The first-order valence-corrected chi connectivity index (χ1v) is 10.1. The number of carbonyl (C=O) groups excluding carboxylic acids is 1. The zero-order valence-corrected chi connectivity index (χ0v) is 17.3. The summed E-state index contributed by atoms with van der Waals surface area (Å²) in [7, 11) is 0. The lowest BCUT2D eigenvalue weighted by Crippen LogP contribution is -2.49. The standard InChI is InChI=1S/C22H21BrN4O/c1-16-6-8-17(9-7-16)20-14-21(25-15-24-20)26-10-12-27(13-11-26)22(28)18-4-2-3-5-19(18)23/h2-9,14-15H,10-13H2,1H3.